The minimum Gasteiger partial charge on any atom is -0.328 e. The van der Waals surface area contributed by atoms with Crippen LogP contribution in [0.4, 0.5) is 0 Å². The van der Waals surface area contributed by atoms with E-state index in [1.165, 1.54) is 0 Å². The van der Waals surface area contributed by atoms with Gasteiger partial charge in [-0.2, -0.15) is 0 Å². The maximum absolute atomic E-state index is 12.0. The summed E-state index contributed by atoms with van der Waals surface area (Å²) in [6.07, 6.45) is 2.04. The van der Waals surface area contributed by atoms with Gasteiger partial charge in [0.1, 0.15) is 11.6 Å². The van der Waals surface area contributed by atoms with E-state index in [0.29, 0.717) is 12.8 Å². The number of carbonyl (C=O) groups is 1. The number of benzene rings is 1. The molecule has 2 rings (SSSR count). The average Bonchev–Trinajstić information content (AvgIpc) is 2.78. The Hall–Kier alpha value is -1.68. The number of hydrogen-bond acceptors (Lipinski definition) is 3. The second-order valence-corrected chi connectivity index (χ2v) is 4.99. The van der Waals surface area contributed by atoms with E-state index in [2.05, 4.69) is 27.9 Å². The molecule has 0 spiro atoms. The molecule has 0 saturated heterocycles. The highest BCUT2D eigenvalue weighted by Gasteiger charge is 2.13. The molecule has 0 bridgehead atoms. The average molecular weight is 273 g/mol. The van der Waals surface area contributed by atoms with Gasteiger partial charge in [0.2, 0.25) is 0 Å². The van der Waals surface area contributed by atoms with Crippen molar-refractivity contribution >= 4 is 16.8 Å². The molecule has 108 valence electrons. The number of ketones is 1. The number of nitrogens with zero attached hydrogens (tertiary/aromatic N) is 2. The number of nitrogens with one attached hydrogen (secondary N) is 1. The van der Waals surface area contributed by atoms with E-state index < -0.39 is 0 Å². The van der Waals surface area contributed by atoms with Crippen molar-refractivity contribution in [2.45, 2.75) is 39.7 Å². The molecule has 1 heterocycles. The zero-order chi connectivity index (χ0) is 14.4. The fourth-order valence-corrected chi connectivity index (χ4v) is 2.40. The van der Waals surface area contributed by atoms with Gasteiger partial charge >= 0.3 is 0 Å². The molecule has 0 saturated carbocycles. The van der Waals surface area contributed by atoms with Crippen molar-refractivity contribution in [3.05, 3.63) is 30.1 Å². The van der Waals surface area contributed by atoms with Crippen LogP contribution in [-0.4, -0.2) is 28.4 Å². The quantitative estimate of drug-likeness (QED) is 0.752. The molecular formula is C16H23N3O. The first-order valence-electron chi connectivity index (χ1n) is 7.42. The Morgan fingerprint density at radius 2 is 2.10 bits per heavy atom. The first-order chi connectivity index (χ1) is 9.76. The normalized spacial score (nSPS) is 11.1. The van der Waals surface area contributed by atoms with Gasteiger partial charge in [-0.1, -0.05) is 26.0 Å². The molecule has 1 aromatic heterocycles. The summed E-state index contributed by atoms with van der Waals surface area (Å²) >= 11 is 0. The van der Waals surface area contributed by atoms with Crippen LogP contribution in [-0.2, 0) is 17.8 Å². The van der Waals surface area contributed by atoms with E-state index in [9.17, 15) is 4.79 Å². The summed E-state index contributed by atoms with van der Waals surface area (Å²) in [5, 5.41) is 3.18. The van der Waals surface area contributed by atoms with Gasteiger partial charge in [-0.15, -0.1) is 0 Å². The van der Waals surface area contributed by atoms with Gasteiger partial charge in [-0.3, -0.25) is 4.79 Å². The Bertz CT molecular complexity index is 574. The SMILES string of the molecule is CCCn1c(CC(=O)CCNCC)nc2ccccc21. The maximum atomic E-state index is 12.0. The number of rotatable bonds is 8. The van der Waals surface area contributed by atoms with E-state index in [1.54, 1.807) is 0 Å². The molecule has 1 aromatic carbocycles. The molecule has 0 unspecified atom stereocenters. The lowest BCUT2D eigenvalue weighted by Gasteiger charge is -2.07. The smallest absolute Gasteiger partial charge is 0.141 e. The Balaban J connectivity index is 2.16. The maximum Gasteiger partial charge on any atom is 0.141 e. The topological polar surface area (TPSA) is 46.9 Å². The number of aromatic nitrogens is 2. The fourth-order valence-electron chi connectivity index (χ4n) is 2.40. The second kappa shape index (κ2) is 7.20. The molecule has 4 heteroatoms. The highest BCUT2D eigenvalue weighted by atomic mass is 16.1. The molecule has 0 atom stereocenters. The Kier molecular flexibility index (Phi) is 5.30. The molecule has 1 N–H and O–H groups in total. The zero-order valence-electron chi connectivity index (χ0n) is 12.4. The van der Waals surface area contributed by atoms with Crippen molar-refractivity contribution in [1.82, 2.24) is 14.9 Å². The number of hydrogen-bond donors (Lipinski definition) is 1. The van der Waals surface area contributed by atoms with Crippen LogP contribution in [0.1, 0.15) is 32.5 Å². The summed E-state index contributed by atoms with van der Waals surface area (Å²) in [4.78, 5) is 16.6. The molecule has 0 aliphatic carbocycles. The number of para-hydroxylation sites is 2. The van der Waals surface area contributed by atoms with Crippen LogP contribution in [0, 0.1) is 0 Å². The molecule has 2 aromatic rings. The minimum absolute atomic E-state index is 0.249. The molecule has 0 fully saturated rings. The van der Waals surface area contributed by atoms with Gasteiger partial charge in [-0.25, -0.2) is 4.98 Å². The lowest BCUT2D eigenvalue weighted by molar-refractivity contribution is -0.118. The molecule has 4 nitrogen and oxygen atoms in total. The van der Waals surface area contributed by atoms with Crippen molar-refractivity contribution < 1.29 is 4.79 Å². The van der Waals surface area contributed by atoms with Gasteiger partial charge in [0.25, 0.3) is 0 Å². The summed E-state index contributed by atoms with van der Waals surface area (Å²) < 4.78 is 2.18. The highest BCUT2D eigenvalue weighted by Crippen LogP contribution is 2.17. The first kappa shape index (κ1) is 14.7. The number of aryl methyl sites for hydroxylation is 1. The van der Waals surface area contributed by atoms with Crippen molar-refractivity contribution in [1.29, 1.82) is 0 Å². The van der Waals surface area contributed by atoms with E-state index in [0.717, 1.165) is 42.9 Å². The van der Waals surface area contributed by atoms with Crippen molar-refractivity contribution in [3.8, 4) is 0 Å². The van der Waals surface area contributed by atoms with Crippen LogP contribution in [0.5, 0.6) is 0 Å². The number of imidazole rings is 1. The molecular weight excluding hydrogens is 250 g/mol. The lowest BCUT2D eigenvalue weighted by Crippen LogP contribution is -2.19. The van der Waals surface area contributed by atoms with Crippen LogP contribution >= 0.6 is 0 Å². The molecule has 0 radical (unpaired) electrons. The first-order valence-corrected chi connectivity index (χ1v) is 7.42. The predicted octanol–water partition coefficient (Wildman–Crippen LogP) is 2.56. The largest absolute Gasteiger partial charge is 0.328 e. The summed E-state index contributed by atoms with van der Waals surface area (Å²) in [5.74, 6) is 1.15. The molecule has 0 amide bonds. The number of Topliss-reactive ketones (excluding diaryl/α,β-unsaturated/α-hetero) is 1. The van der Waals surface area contributed by atoms with Gasteiger partial charge in [0, 0.05) is 19.5 Å². The fraction of sp³-hybridized carbons (Fsp3) is 0.500. The van der Waals surface area contributed by atoms with Crippen molar-refractivity contribution in [2.75, 3.05) is 13.1 Å². The van der Waals surface area contributed by atoms with Crippen LogP contribution in [0.15, 0.2) is 24.3 Å². The summed E-state index contributed by atoms with van der Waals surface area (Å²) in [6.45, 7) is 6.76. The standard InChI is InChI=1S/C16H23N3O/c1-3-11-19-15-8-6-5-7-14(15)18-16(19)12-13(20)9-10-17-4-2/h5-8,17H,3-4,9-12H2,1-2H3. The van der Waals surface area contributed by atoms with E-state index in [-0.39, 0.29) is 5.78 Å². The van der Waals surface area contributed by atoms with Crippen molar-refractivity contribution in [2.24, 2.45) is 0 Å². The minimum atomic E-state index is 0.249. The third-order valence-corrected chi connectivity index (χ3v) is 3.37. The van der Waals surface area contributed by atoms with E-state index in [4.69, 9.17) is 0 Å². The third-order valence-electron chi connectivity index (χ3n) is 3.37. The second-order valence-electron chi connectivity index (χ2n) is 4.99. The Morgan fingerprint density at radius 1 is 1.30 bits per heavy atom. The summed E-state index contributed by atoms with van der Waals surface area (Å²) in [6, 6.07) is 8.09. The lowest BCUT2D eigenvalue weighted by atomic mass is 10.2. The van der Waals surface area contributed by atoms with Crippen molar-refractivity contribution in [3.63, 3.8) is 0 Å². The molecule has 20 heavy (non-hydrogen) atoms. The number of fused-ring (bicyclic) bond motifs is 1. The Morgan fingerprint density at radius 3 is 2.85 bits per heavy atom. The van der Waals surface area contributed by atoms with E-state index in [1.807, 2.05) is 25.1 Å². The van der Waals surface area contributed by atoms with Crippen LogP contribution in [0.2, 0.25) is 0 Å². The number of carbonyl (C=O) groups excluding carboxylic acids is 1. The van der Waals surface area contributed by atoms with Crippen LogP contribution in [0.3, 0.4) is 0 Å². The van der Waals surface area contributed by atoms with Crippen LogP contribution in [0.25, 0.3) is 11.0 Å². The van der Waals surface area contributed by atoms with Gasteiger partial charge in [0.05, 0.1) is 17.5 Å². The summed E-state index contributed by atoms with van der Waals surface area (Å²) in [5.41, 5.74) is 2.11. The van der Waals surface area contributed by atoms with Gasteiger partial charge < -0.3 is 9.88 Å². The monoisotopic (exact) mass is 273 g/mol. The molecule has 0 aliphatic heterocycles. The third kappa shape index (κ3) is 3.45. The molecule has 0 aliphatic rings. The van der Waals surface area contributed by atoms with Crippen LogP contribution < -0.4 is 5.32 Å². The highest BCUT2D eigenvalue weighted by molar-refractivity contribution is 5.82. The predicted molar refractivity (Wildman–Crippen MR) is 81.9 cm³/mol. The van der Waals surface area contributed by atoms with Gasteiger partial charge in [0.15, 0.2) is 0 Å². The van der Waals surface area contributed by atoms with Gasteiger partial charge in [-0.05, 0) is 25.1 Å². The van der Waals surface area contributed by atoms with E-state index >= 15 is 0 Å². The summed E-state index contributed by atoms with van der Waals surface area (Å²) in [7, 11) is 0. The Labute approximate surface area is 120 Å². The zero-order valence-corrected chi connectivity index (χ0v) is 12.4.